The van der Waals surface area contributed by atoms with Gasteiger partial charge in [-0.25, -0.2) is 3.97 Å². The summed E-state index contributed by atoms with van der Waals surface area (Å²) in [6.07, 6.45) is 3.97. The van der Waals surface area contributed by atoms with Crippen LogP contribution in [0.2, 0.25) is 0 Å². The van der Waals surface area contributed by atoms with E-state index in [-0.39, 0.29) is 0 Å². The maximum Gasteiger partial charge on any atom is 0.388 e. The predicted molar refractivity (Wildman–Crippen MR) is 224 cm³/mol. The van der Waals surface area contributed by atoms with Crippen molar-refractivity contribution in [2.75, 3.05) is 0 Å². The fourth-order valence-corrected chi connectivity index (χ4v) is 9.98. The molecule has 11 rings (SSSR count). The molecule has 0 aliphatic carbocycles. The summed E-state index contributed by atoms with van der Waals surface area (Å²) in [6, 6.07) is 59.1. The summed E-state index contributed by atoms with van der Waals surface area (Å²) >= 11 is -4.72. The minimum absolute atomic E-state index is 0.492. The molecule has 9 aromatic rings. The third kappa shape index (κ3) is 4.75. The van der Waals surface area contributed by atoms with Gasteiger partial charge in [-0.1, -0.05) is 151 Å². The Morgan fingerprint density at radius 3 is 1.39 bits per heavy atom. The summed E-state index contributed by atoms with van der Waals surface area (Å²) in [5.74, 6) is 0. The van der Waals surface area contributed by atoms with Crippen LogP contribution in [-0.4, -0.2) is 13.7 Å². The molecule has 5 heteroatoms. The van der Waals surface area contributed by atoms with Gasteiger partial charge < -0.3 is 0 Å². The number of halogens is 2. The Morgan fingerprint density at radius 1 is 0.407 bits per heavy atom. The number of benzene rings is 8. The predicted octanol–water partition coefficient (Wildman–Crippen LogP) is 13.6. The zero-order chi connectivity index (χ0) is 36.0. The zero-order valence-corrected chi connectivity index (χ0v) is 29.8. The van der Waals surface area contributed by atoms with Gasteiger partial charge in [0, 0.05) is 28.8 Å². The highest BCUT2D eigenvalue weighted by Crippen LogP contribution is 2.64. The van der Waals surface area contributed by atoms with Crippen LogP contribution in [0, 0.1) is 0 Å². The van der Waals surface area contributed by atoms with Crippen LogP contribution in [0.15, 0.2) is 188 Å². The summed E-state index contributed by atoms with van der Waals surface area (Å²) in [6.45, 7) is 0. The van der Waals surface area contributed by atoms with Crippen molar-refractivity contribution >= 4 is 71.6 Å². The minimum Gasteiger partial charge on any atom is -0.200 e. The number of aromatic nitrogens is 1. The van der Waals surface area contributed by atoms with Gasteiger partial charge in [-0.3, -0.25) is 0 Å². The van der Waals surface area contributed by atoms with Crippen molar-refractivity contribution < 1.29 is 11.8 Å². The molecule has 2 nitrogen and oxygen atoms in total. The van der Waals surface area contributed by atoms with E-state index in [9.17, 15) is 0 Å². The third-order valence-corrected chi connectivity index (χ3v) is 12.6. The average molecular weight is 718 g/mol. The standard InChI is InChI=1S/C49H31F2N2S/c50-54(51)52-46(42-23-19-34-11-3-7-15-38(34)27-42)29-44(40-21-17-32-9-1-5-13-36(32)25-40)48(52)31-49-45(41-22-18-33-10-2-6-14-37(33)26-41)30-47(53(49)54)43-24-20-35-12-4-8-16-39(35)28-43/h1-31H/q+1. The number of fused-ring (bicyclic) bond motifs is 6. The molecule has 0 radical (unpaired) electrons. The van der Waals surface area contributed by atoms with E-state index in [0.29, 0.717) is 22.8 Å². The second kappa shape index (κ2) is 11.7. The molecule has 0 fully saturated rings. The van der Waals surface area contributed by atoms with Gasteiger partial charge in [0.05, 0.1) is 17.0 Å². The Labute approximate surface area is 313 Å². The number of hydrogen-bond acceptors (Lipinski definition) is 0. The molecule has 0 saturated heterocycles. The van der Waals surface area contributed by atoms with Gasteiger partial charge in [-0.05, 0) is 90.6 Å². The number of hydrogen-bond donors (Lipinski definition) is 0. The van der Waals surface area contributed by atoms with Crippen LogP contribution < -0.4 is 0 Å². The second-order valence-electron chi connectivity index (χ2n) is 14.1. The Hall–Kier alpha value is -6.56. The van der Waals surface area contributed by atoms with Crippen molar-refractivity contribution in [3.8, 4) is 22.4 Å². The van der Waals surface area contributed by atoms with Crippen molar-refractivity contribution in [3.05, 3.63) is 205 Å². The van der Waals surface area contributed by atoms with Gasteiger partial charge >= 0.3 is 11.2 Å². The number of rotatable bonds is 4. The molecule has 54 heavy (non-hydrogen) atoms. The summed E-state index contributed by atoms with van der Waals surface area (Å²) in [5.41, 5.74) is 6.85. The highest BCUT2D eigenvalue weighted by atomic mass is 32.3. The fraction of sp³-hybridized carbons (Fsp3) is 0. The van der Waals surface area contributed by atoms with Crippen molar-refractivity contribution in [1.82, 2.24) is 3.97 Å². The molecule has 0 unspecified atom stereocenters. The maximum atomic E-state index is 18.3. The summed E-state index contributed by atoms with van der Waals surface area (Å²) in [7, 11) is 0. The largest absolute Gasteiger partial charge is 0.388 e. The summed E-state index contributed by atoms with van der Waals surface area (Å²) in [5, 5.41) is 8.50. The smallest absolute Gasteiger partial charge is 0.200 e. The molecule has 0 spiro atoms. The average Bonchev–Trinajstić information content (AvgIpc) is 3.81. The Bertz CT molecular complexity index is 3150. The number of allylic oxidation sites excluding steroid dienone is 2. The molecule has 0 saturated carbocycles. The van der Waals surface area contributed by atoms with Gasteiger partial charge in [0.2, 0.25) is 11.4 Å². The topological polar surface area (TPSA) is 7.94 Å². The SMILES string of the molecule is FS1(F)n2c(-c3ccc4ccccc4c3)cc(-c3ccc4ccccc4c3)c2C=C2C(c3ccc4ccccc4c3)=CC(c3ccc4ccccc4c3)=[N+]21. The zero-order valence-electron chi connectivity index (χ0n) is 29.0. The van der Waals surface area contributed by atoms with Gasteiger partial charge in [0.15, 0.2) is 0 Å². The van der Waals surface area contributed by atoms with E-state index in [1.165, 1.54) is 7.95 Å². The monoisotopic (exact) mass is 717 g/mol. The van der Waals surface area contributed by atoms with Crippen molar-refractivity contribution in [2.45, 2.75) is 0 Å². The van der Waals surface area contributed by atoms with E-state index < -0.39 is 11.2 Å². The molecule has 0 N–H and O–H groups in total. The molecular weight excluding hydrogens is 687 g/mol. The van der Waals surface area contributed by atoms with Gasteiger partial charge in [-0.2, -0.15) is 0 Å². The summed E-state index contributed by atoms with van der Waals surface area (Å²) in [4.78, 5) is 0. The molecule has 2 aliphatic rings. The highest BCUT2D eigenvalue weighted by Gasteiger charge is 2.54. The molecule has 256 valence electrons. The molecule has 8 aromatic carbocycles. The first kappa shape index (κ1) is 31.0. The second-order valence-corrected chi connectivity index (χ2v) is 15.6. The number of nitrogens with zero attached hydrogens (tertiary/aromatic N) is 2. The van der Waals surface area contributed by atoms with E-state index in [2.05, 4.69) is 72.8 Å². The van der Waals surface area contributed by atoms with Crippen LogP contribution in [0.25, 0.3) is 77.1 Å². The van der Waals surface area contributed by atoms with E-state index in [4.69, 9.17) is 0 Å². The van der Waals surface area contributed by atoms with Crippen molar-refractivity contribution in [3.63, 3.8) is 0 Å². The molecule has 3 heterocycles. The van der Waals surface area contributed by atoms with E-state index in [0.717, 1.165) is 76.5 Å². The quantitative estimate of drug-likeness (QED) is 0.160. The fourth-order valence-electron chi connectivity index (χ4n) is 8.25. The first-order valence-electron chi connectivity index (χ1n) is 18.1. The lowest BCUT2D eigenvalue weighted by Crippen LogP contribution is -2.25. The van der Waals surface area contributed by atoms with E-state index in [1.807, 2.05) is 115 Å². The first-order chi connectivity index (χ1) is 26.5. The highest BCUT2D eigenvalue weighted by molar-refractivity contribution is 8.19. The maximum absolute atomic E-state index is 18.3. The van der Waals surface area contributed by atoms with E-state index >= 15 is 7.77 Å². The Balaban J connectivity index is 1.21. The molecular formula is C49H31F2N2S+. The Kier molecular flexibility index (Phi) is 6.73. The first-order valence-corrected chi connectivity index (χ1v) is 19.4. The minimum atomic E-state index is -4.72. The van der Waals surface area contributed by atoms with Crippen LogP contribution in [0.4, 0.5) is 7.77 Å². The van der Waals surface area contributed by atoms with Crippen LogP contribution in [0.5, 0.6) is 0 Å². The third-order valence-electron chi connectivity index (χ3n) is 10.9. The molecule has 0 bridgehead atoms. The van der Waals surface area contributed by atoms with Crippen LogP contribution in [0.3, 0.4) is 0 Å². The lowest BCUT2D eigenvalue weighted by molar-refractivity contribution is -0.298. The van der Waals surface area contributed by atoms with Crippen molar-refractivity contribution in [1.29, 1.82) is 0 Å². The molecule has 0 amide bonds. The van der Waals surface area contributed by atoms with E-state index in [1.54, 1.807) is 0 Å². The van der Waals surface area contributed by atoms with Crippen LogP contribution in [0.1, 0.15) is 16.8 Å². The Morgan fingerprint density at radius 2 is 0.833 bits per heavy atom. The van der Waals surface area contributed by atoms with Gasteiger partial charge in [0.25, 0.3) is 0 Å². The lowest BCUT2D eigenvalue weighted by atomic mass is 9.97. The summed E-state index contributed by atoms with van der Waals surface area (Å²) < 4.78 is 39.2. The van der Waals surface area contributed by atoms with Crippen molar-refractivity contribution in [2.24, 2.45) is 0 Å². The molecule has 0 atom stereocenters. The van der Waals surface area contributed by atoms with Crippen LogP contribution >= 0.6 is 11.2 Å². The lowest BCUT2D eigenvalue weighted by Gasteiger charge is -2.27. The molecule has 1 aromatic heterocycles. The normalized spacial score (nSPS) is 15.4. The van der Waals surface area contributed by atoms with Gasteiger partial charge in [0.1, 0.15) is 0 Å². The van der Waals surface area contributed by atoms with Crippen LogP contribution in [-0.2, 0) is 0 Å². The molecule has 2 aliphatic heterocycles. The van der Waals surface area contributed by atoms with Gasteiger partial charge in [-0.15, -0.1) is 0 Å².